The van der Waals surface area contributed by atoms with Crippen LogP contribution in [0.1, 0.15) is 35.5 Å². The number of para-hydroxylation sites is 1. The number of benzene rings is 1. The van der Waals surface area contributed by atoms with Gasteiger partial charge in [-0.15, -0.1) is 0 Å². The lowest BCUT2D eigenvalue weighted by Crippen LogP contribution is -2.11. The van der Waals surface area contributed by atoms with Crippen molar-refractivity contribution < 1.29 is 9.53 Å². The average molecular weight is 429 g/mol. The summed E-state index contributed by atoms with van der Waals surface area (Å²) in [5.74, 6) is 0.524. The second-order valence-electron chi connectivity index (χ2n) is 6.37. The van der Waals surface area contributed by atoms with Crippen LogP contribution in [-0.4, -0.2) is 37.0 Å². The number of aryl methyl sites for hydroxylation is 1. The third-order valence-corrected chi connectivity index (χ3v) is 4.88. The Kier molecular flexibility index (Phi) is 8.89. The molecule has 0 radical (unpaired) electrons. The van der Waals surface area contributed by atoms with Crippen LogP contribution in [0.3, 0.4) is 0 Å². The minimum atomic E-state index is 0.493. The maximum Gasteiger partial charge on any atom is 0.160 e. The van der Waals surface area contributed by atoms with Crippen LogP contribution in [0, 0.1) is 6.92 Å². The number of hydrogen-bond acceptors (Lipinski definition) is 5. The Bertz CT molecular complexity index is 985. The van der Waals surface area contributed by atoms with Gasteiger partial charge in [0.15, 0.2) is 12.0 Å². The standard InChI is InChI=1S/C21H23ClN4O2.C2H6/c1-13-11-24-10-7-14(13)19-20(15(12-27)17(25-19)8-9-23-2)26-18-6-4-5-16(22)21(18)28-3;1-2/h4-7,10-12,23,25-26H,8-9H2,1-3H3;1-2H3. The van der Waals surface area contributed by atoms with Gasteiger partial charge in [-0.1, -0.05) is 31.5 Å². The number of carbonyl (C=O) groups is 1. The number of hydrogen-bond donors (Lipinski definition) is 3. The van der Waals surface area contributed by atoms with Gasteiger partial charge < -0.3 is 20.4 Å². The van der Waals surface area contributed by atoms with Gasteiger partial charge in [0.05, 0.1) is 34.8 Å². The average Bonchev–Trinajstić information content (AvgIpc) is 3.11. The molecule has 0 aliphatic heterocycles. The third kappa shape index (κ3) is 5.01. The van der Waals surface area contributed by atoms with Gasteiger partial charge in [-0.3, -0.25) is 9.78 Å². The van der Waals surface area contributed by atoms with Crippen LogP contribution < -0.4 is 15.4 Å². The molecule has 0 unspecified atom stereocenters. The van der Waals surface area contributed by atoms with Crippen molar-refractivity contribution in [3.05, 3.63) is 58.5 Å². The first-order valence-corrected chi connectivity index (χ1v) is 10.3. The minimum Gasteiger partial charge on any atom is -0.493 e. The van der Waals surface area contributed by atoms with Crippen LogP contribution in [0.15, 0.2) is 36.7 Å². The number of nitrogens with one attached hydrogen (secondary N) is 3. The van der Waals surface area contributed by atoms with Crippen LogP contribution in [0.25, 0.3) is 11.3 Å². The van der Waals surface area contributed by atoms with Crippen LogP contribution in [0.2, 0.25) is 5.02 Å². The first-order chi connectivity index (χ1) is 14.6. The molecule has 2 heterocycles. The monoisotopic (exact) mass is 428 g/mol. The number of likely N-dealkylation sites (N-methyl/N-ethyl adjacent to an activating group) is 1. The second-order valence-corrected chi connectivity index (χ2v) is 6.78. The quantitative estimate of drug-likeness (QED) is 0.419. The van der Waals surface area contributed by atoms with Crippen LogP contribution >= 0.6 is 11.6 Å². The van der Waals surface area contributed by atoms with E-state index in [9.17, 15) is 4.79 Å². The fourth-order valence-electron chi connectivity index (χ4n) is 3.18. The van der Waals surface area contributed by atoms with E-state index in [-0.39, 0.29) is 0 Å². The molecule has 30 heavy (non-hydrogen) atoms. The van der Waals surface area contributed by atoms with Crippen LogP contribution in [0.5, 0.6) is 5.75 Å². The van der Waals surface area contributed by atoms with E-state index < -0.39 is 0 Å². The molecule has 0 bridgehead atoms. The molecule has 0 saturated carbocycles. The Labute approximate surface area is 183 Å². The van der Waals surface area contributed by atoms with Crippen molar-refractivity contribution in [3.8, 4) is 17.0 Å². The van der Waals surface area contributed by atoms with E-state index in [1.165, 1.54) is 0 Å². The number of aromatic nitrogens is 2. The summed E-state index contributed by atoms with van der Waals surface area (Å²) in [5, 5.41) is 6.97. The van der Waals surface area contributed by atoms with Gasteiger partial charge in [0.25, 0.3) is 0 Å². The Morgan fingerprint density at radius 3 is 2.67 bits per heavy atom. The molecule has 0 aliphatic rings. The molecule has 3 rings (SSSR count). The van der Waals surface area contributed by atoms with Crippen molar-refractivity contribution in [2.75, 3.05) is 26.0 Å². The van der Waals surface area contributed by atoms with Gasteiger partial charge in [-0.25, -0.2) is 0 Å². The molecular formula is C23H29ClN4O2. The fraction of sp³-hybridized carbons (Fsp3) is 0.304. The number of nitrogens with zero attached hydrogens (tertiary/aromatic N) is 1. The lowest BCUT2D eigenvalue weighted by atomic mass is 10.1. The maximum absolute atomic E-state index is 12.0. The topological polar surface area (TPSA) is 79.0 Å². The Balaban J connectivity index is 0.00000155. The lowest BCUT2D eigenvalue weighted by molar-refractivity contribution is 0.112. The molecule has 3 aromatic rings. The summed E-state index contributed by atoms with van der Waals surface area (Å²) in [6.45, 7) is 6.73. The van der Waals surface area contributed by atoms with Crippen molar-refractivity contribution >= 4 is 29.3 Å². The molecule has 2 aromatic heterocycles. The molecule has 0 fully saturated rings. The van der Waals surface area contributed by atoms with E-state index in [1.807, 2.05) is 46.0 Å². The summed E-state index contributed by atoms with van der Waals surface area (Å²) in [7, 11) is 3.45. The van der Waals surface area contributed by atoms with E-state index in [4.69, 9.17) is 16.3 Å². The Hall–Kier alpha value is -2.83. The number of aromatic amines is 1. The SMILES string of the molecule is CC.CNCCc1[nH]c(-c2ccncc2C)c(Nc2cccc(Cl)c2OC)c1C=O. The summed E-state index contributed by atoms with van der Waals surface area (Å²) in [6.07, 6.45) is 5.10. The zero-order chi connectivity index (χ0) is 22.1. The van der Waals surface area contributed by atoms with Gasteiger partial charge in [-0.05, 0) is 37.7 Å². The van der Waals surface area contributed by atoms with Gasteiger partial charge in [0.2, 0.25) is 0 Å². The number of ether oxygens (including phenoxy) is 1. The molecule has 3 N–H and O–H groups in total. The third-order valence-electron chi connectivity index (χ3n) is 4.58. The van der Waals surface area contributed by atoms with Gasteiger partial charge in [0.1, 0.15) is 0 Å². The molecule has 0 atom stereocenters. The van der Waals surface area contributed by atoms with Gasteiger partial charge in [0, 0.05) is 36.6 Å². The molecule has 7 heteroatoms. The van der Waals surface area contributed by atoms with Crippen molar-refractivity contribution in [1.29, 1.82) is 0 Å². The van der Waals surface area contributed by atoms with E-state index in [1.54, 1.807) is 25.6 Å². The molecule has 6 nitrogen and oxygen atoms in total. The largest absolute Gasteiger partial charge is 0.493 e. The first kappa shape index (κ1) is 23.4. The molecule has 0 amide bonds. The first-order valence-electron chi connectivity index (χ1n) is 9.95. The minimum absolute atomic E-state index is 0.493. The molecule has 1 aromatic carbocycles. The van der Waals surface area contributed by atoms with Gasteiger partial charge >= 0.3 is 0 Å². The van der Waals surface area contributed by atoms with Crippen molar-refractivity contribution in [2.24, 2.45) is 0 Å². The lowest BCUT2D eigenvalue weighted by Gasteiger charge is -2.14. The normalized spacial score (nSPS) is 10.2. The Morgan fingerprint density at radius 2 is 2.03 bits per heavy atom. The molecule has 0 spiro atoms. The smallest absolute Gasteiger partial charge is 0.160 e. The predicted octanol–water partition coefficient (Wildman–Crippen LogP) is 5.39. The zero-order valence-electron chi connectivity index (χ0n) is 18.1. The van der Waals surface area contributed by atoms with E-state index in [0.29, 0.717) is 34.1 Å². The summed E-state index contributed by atoms with van der Waals surface area (Å²) < 4.78 is 5.45. The van der Waals surface area contributed by atoms with Crippen molar-refractivity contribution in [1.82, 2.24) is 15.3 Å². The summed E-state index contributed by atoms with van der Waals surface area (Å²) in [4.78, 5) is 19.6. The Morgan fingerprint density at radius 1 is 1.27 bits per heavy atom. The molecule has 160 valence electrons. The summed E-state index contributed by atoms with van der Waals surface area (Å²) in [5.41, 5.74) is 5.62. The van der Waals surface area contributed by atoms with E-state index in [2.05, 4.69) is 20.6 Å². The van der Waals surface area contributed by atoms with Crippen LogP contribution in [0.4, 0.5) is 11.4 Å². The number of pyridine rings is 1. The van der Waals surface area contributed by atoms with E-state index >= 15 is 0 Å². The number of carbonyl (C=O) groups excluding carboxylic acids is 1. The highest BCUT2D eigenvalue weighted by atomic mass is 35.5. The number of halogens is 1. The number of H-pyrrole nitrogens is 1. The fourth-order valence-corrected chi connectivity index (χ4v) is 3.43. The van der Waals surface area contributed by atoms with Gasteiger partial charge in [-0.2, -0.15) is 0 Å². The zero-order valence-corrected chi connectivity index (χ0v) is 18.9. The highest BCUT2D eigenvalue weighted by Gasteiger charge is 2.21. The molecule has 0 aliphatic carbocycles. The van der Waals surface area contributed by atoms with E-state index in [0.717, 1.165) is 35.3 Å². The highest BCUT2D eigenvalue weighted by molar-refractivity contribution is 6.32. The van der Waals surface area contributed by atoms with Crippen LogP contribution in [-0.2, 0) is 6.42 Å². The van der Waals surface area contributed by atoms with Crippen molar-refractivity contribution in [3.63, 3.8) is 0 Å². The number of anilines is 2. The number of aldehydes is 1. The highest BCUT2D eigenvalue weighted by Crippen LogP contribution is 2.40. The summed E-state index contributed by atoms with van der Waals surface area (Å²) in [6, 6.07) is 7.38. The predicted molar refractivity (Wildman–Crippen MR) is 124 cm³/mol. The maximum atomic E-state index is 12.0. The second kappa shape index (κ2) is 11.4. The van der Waals surface area contributed by atoms with Crippen molar-refractivity contribution in [2.45, 2.75) is 27.2 Å². The molecular weight excluding hydrogens is 400 g/mol. The number of rotatable bonds is 8. The summed E-state index contributed by atoms with van der Waals surface area (Å²) >= 11 is 6.27. The molecule has 0 saturated heterocycles. The number of methoxy groups -OCH3 is 1.